The summed E-state index contributed by atoms with van der Waals surface area (Å²) in [5, 5.41) is 2.80. The molecule has 2 atom stereocenters. The minimum Gasteiger partial charge on any atom is -0.455 e. The van der Waals surface area contributed by atoms with Crippen LogP contribution in [0.2, 0.25) is 0 Å². The van der Waals surface area contributed by atoms with Gasteiger partial charge in [-0.3, -0.25) is 9.59 Å². The summed E-state index contributed by atoms with van der Waals surface area (Å²) in [6.07, 6.45) is 0.872. The van der Waals surface area contributed by atoms with E-state index in [4.69, 9.17) is 4.74 Å². The summed E-state index contributed by atoms with van der Waals surface area (Å²) in [7, 11) is 0. The maximum atomic E-state index is 11.8. The summed E-state index contributed by atoms with van der Waals surface area (Å²) in [4.78, 5) is 23.4. The average molecular weight is 275 g/mol. The number of carbonyl (C=O) groups excluding carboxylic acids is 2. The lowest BCUT2D eigenvalue weighted by atomic mass is 10.0. The van der Waals surface area contributed by atoms with Crippen molar-refractivity contribution in [2.45, 2.75) is 33.1 Å². The number of amides is 1. The quantitative estimate of drug-likeness (QED) is 0.841. The number of hydrogen-bond donors (Lipinski definition) is 1. The molecule has 4 heteroatoms. The van der Waals surface area contributed by atoms with Gasteiger partial charge in [-0.2, -0.15) is 0 Å². The van der Waals surface area contributed by atoms with Gasteiger partial charge in [0.1, 0.15) is 0 Å². The first-order valence-corrected chi connectivity index (χ1v) is 7.04. The lowest BCUT2D eigenvalue weighted by Gasteiger charge is -2.13. The summed E-state index contributed by atoms with van der Waals surface area (Å²) in [6.45, 7) is 5.93. The number of hydrogen-bond acceptors (Lipinski definition) is 3. The summed E-state index contributed by atoms with van der Waals surface area (Å²) >= 11 is 0. The molecule has 20 heavy (non-hydrogen) atoms. The number of rotatable bonds is 5. The number of ether oxygens (including phenoxy) is 1. The molecule has 0 spiro atoms. The van der Waals surface area contributed by atoms with Crippen molar-refractivity contribution in [3.05, 3.63) is 29.8 Å². The Kier molecular flexibility index (Phi) is 4.42. The van der Waals surface area contributed by atoms with Crippen LogP contribution in [0.25, 0.3) is 0 Å². The van der Waals surface area contributed by atoms with E-state index in [1.54, 1.807) is 0 Å². The minimum atomic E-state index is -0.292. The Hall–Kier alpha value is -1.84. The zero-order chi connectivity index (χ0) is 14.7. The SMILES string of the molecule is CC(C)c1ccccc1NC(=O)COC(=O)[C@@H]1C[C@H]1C. The van der Waals surface area contributed by atoms with E-state index in [9.17, 15) is 9.59 Å². The van der Waals surface area contributed by atoms with Crippen molar-refractivity contribution in [2.24, 2.45) is 11.8 Å². The first-order chi connectivity index (χ1) is 9.49. The largest absolute Gasteiger partial charge is 0.455 e. The van der Waals surface area contributed by atoms with E-state index in [2.05, 4.69) is 19.2 Å². The number of nitrogens with one attached hydrogen (secondary N) is 1. The van der Waals surface area contributed by atoms with Gasteiger partial charge in [0.15, 0.2) is 6.61 Å². The predicted octanol–water partition coefficient (Wildman–Crippen LogP) is 2.95. The molecule has 0 aliphatic heterocycles. The fraction of sp³-hybridized carbons (Fsp3) is 0.500. The number of carbonyl (C=O) groups is 2. The van der Waals surface area contributed by atoms with Crippen LogP contribution in [0.5, 0.6) is 0 Å². The monoisotopic (exact) mass is 275 g/mol. The molecule has 1 N–H and O–H groups in total. The third kappa shape index (κ3) is 3.59. The highest BCUT2D eigenvalue weighted by Crippen LogP contribution is 2.38. The van der Waals surface area contributed by atoms with Gasteiger partial charge in [-0.15, -0.1) is 0 Å². The maximum absolute atomic E-state index is 11.8. The number of benzene rings is 1. The van der Waals surface area contributed by atoms with Crippen molar-refractivity contribution in [1.29, 1.82) is 0 Å². The molecule has 0 saturated heterocycles. The van der Waals surface area contributed by atoms with E-state index in [1.807, 2.05) is 31.2 Å². The van der Waals surface area contributed by atoms with Gasteiger partial charge in [0, 0.05) is 5.69 Å². The minimum absolute atomic E-state index is 0.00856. The predicted molar refractivity (Wildman–Crippen MR) is 77.4 cm³/mol. The molecule has 1 aliphatic rings. The van der Waals surface area contributed by atoms with Crippen molar-refractivity contribution in [3.8, 4) is 0 Å². The van der Waals surface area contributed by atoms with Crippen LogP contribution in [-0.4, -0.2) is 18.5 Å². The van der Waals surface area contributed by atoms with Gasteiger partial charge in [-0.05, 0) is 29.9 Å². The lowest BCUT2D eigenvalue weighted by Crippen LogP contribution is -2.22. The molecule has 1 saturated carbocycles. The van der Waals surface area contributed by atoms with Crippen LogP contribution >= 0.6 is 0 Å². The van der Waals surface area contributed by atoms with Gasteiger partial charge in [0.2, 0.25) is 0 Å². The second-order valence-corrected chi connectivity index (χ2v) is 5.72. The van der Waals surface area contributed by atoms with Gasteiger partial charge < -0.3 is 10.1 Å². The first kappa shape index (κ1) is 14.6. The molecule has 2 rings (SSSR count). The van der Waals surface area contributed by atoms with E-state index in [-0.39, 0.29) is 24.4 Å². The Morgan fingerprint density at radius 2 is 2.00 bits per heavy atom. The Morgan fingerprint density at radius 1 is 1.35 bits per heavy atom. The highest BCUT2D eigenvalue weighted by molar-refractivity contribution is 5.93. The summed E-state index contributed by atoms with van der Waals surface area (Å²) in [5.74, 6) is 0.156. The Bertz CT molecular complexity index is 510. The van der Waals surface area contributed by atoms with E-state index >= 15 is 0 Å². The van der Waals surface area contributed by atoms with Gasteiger partial charge in [-0.25, -0.2) is 0 Å². The number of esters is 1. The van der Waals surface area contributed by atoms with Crippen LogP contribution in [0.1, 0.15) is 38.7 Å². The van der Waals surface area contributed by atoms with E-state index < -0.39 is 0 Å². The zero-order valence-corrected chi connectivity index (χ0v) is 12.2. The fourth-order valence-electron chi connectivity index (χ4n) is 2.19. The molecular formula is C16H21NO3. The molecule has 4 nitrogen and oxygen atoms in total. The lowest BCUT2D eigenvalue weighted by molar-refractivity contribution is -0.148. The number of anilines is 1. The van der Waals surface area contributed by atoms with Crippen molar-refractivity contribution in [1.82, 2.24) is 0 Å². The highest BCUT2D eigenvalue weighted by Gasteiger charge is 2.40. The molecular weight excluding hydrogens is 254 g/mol. The van der Waals surface area contributed by atoms with Gasteiger partial charge >= 0.3 is 5.97 Å². The third-order valence-corrected chi connectivity index (χ3v) is 3.61. The van der Waals surface area contributed by atoms with Crippen LogP contribution in [0.3, 0.4) is 0 Å². The summed E-state index contributed by atoms with van der Waals surface area (Å²) in [6, 6.07) is 7.66. The van der Waals surface area contributed by atoms with Gasteiger partial charge in [-0.1, -0.05) is 39.0 Å². The molecule has 1 aromatic rings. The van der Waals surface area contributed by atoms with Crippen molar-refractivity contribution >= 4 is 17.6 Å². The summed E-state index contributed by atoms with van der Waals surface area (Å²) in [5.41, 5.74) is 1.85. The normalized spacial score (nSPS) is 20.6. The fourth-order valence-corrected chi connectivity index (χ4v) is 2.19. The van der Waals surface area contributed by atoms with E-state index in [0.29, 0.717) is 11.8 Å². The van der Waals surface area contributed by atoms with Gasteiger partial charge in [0.05, 0.1) is 5.92 Å². The van der Waals surface area contributed by atoms with Crippen LogP contribution < -0.4 is 5.32 Å². The molecule has 1 fully saturated rings. The average Bonchev–Trinajstić information content (AvgIpc) is 3.13. The van der Waals surface area contributed by atoms with Crippen LogP contribution in [0.15, 0.2) is 24.3 Å². The Balaban J connectivity index is 1.87. The molecule has 1 aromatic carbocycles. The molecule has 0 unspecified atom stereocenters. The third-order valence-electron chi connectivity index (χ3n) is 3.61. The Labute approximate surface area is 119 Å². The second kappa shape index (κ2) is 6.07. The van der Waals surface area contributed by atoms with E-state index in [0.717, 1.165) is 17.7 Å². The standard InChI is InChI=1S/C16H21NO3/c1-10(2)12-6-4-5-7-14(12)17-15(18)9-20-16(19)13-8-11(13)3/h4-7,10-11,13H,8-9H2,1-3H3,(H,17,18)/t11-,13-/m1/s1. The summed E-state index contributed by atoms with van der Waals surface area (Å²) < 4.78 is 5.02. The van der Waals surface area contributed by atoms with Crippen LogP contribution in [-0.2, 0) is 14.3 Å². The van der Waals surface area contributed by atoms with Crippen LogP contribution in [0.4, 0.5) is 5.69 Å². The molecule has 1 amide bonds. The van der Waals surface area contributed by atoms with Gasteiger partial charge in [0.25, 0.3) is 5.91 Å². The Morgan fingerprint density at radius 3 is 2.60 bits per heavy atom. The van der Waals surface area contributed by atoms with Crippen molar-refractivity contribution in [2.75, 3.05) is 11.9 Å². The van der Waals surface area contributed by atoms with E-state index in [1.165, 1.54) is 0 Å². The maximum Gasteiger partial charge on any atom is 0.309 e. The highest BCUT2D eigenvalue weighted by atomic mass is 16.5. The topological polar surface area (TPSA) is 55.4 Å². The first-order valence-electron chi connectivity index (χ1n) is 7.04. The smallest absolute Gasteiger partial charge is 0.309 e. The number of para-hydroxylation sites is 1. The zero-order valence-electron chi connectivity index (χ0n) is 12.2. The molecule has 0 aromatic heterocycles. The molecule has 0 radical (unpaired) electrons. The molecule has 108 valence electrons. The van der Waals surface area contributed by atoms with Crippen molar-refractivity contribution in [3.63, 3.8) is 0 Å². The van der Waals surface area contributed by atoms with Crippen molar-refractivity contribution < 1.29 is 14.3 Å². The second-order valence-electron chi connectivity index (χ2n) is 5.72. The molecule has 0 heterocycles. The van der Waals surface area contributed by atoms with Crippen LogP contribution in [0, 0.1) is 11.8 Å². The molecule has 1 aliphatic carbocycles. The molecule has 0 bridgehead atoms.